The predicted molar refractivity (Wildman–Crippen MR) is 128 cm³/mol. The molecular weight excluding hydrogens is 456 g/mol. The van der Waals surface area contributed by atoms with Crippen molar-refractivity contribution in [3.05, 3.63) is 77.9 Å². The molecule has 8 nitrogen and oxygen atoms in total. The molecule has 0 aromatic heterocycles. The molecule has 3 aromatic rings. The summed E-state index contributed by atoms with van der Waals surface area (Å²) in [4.78, 5) is 13.5. The van der Waals surface area contributed by atoms with E-state index in [2.05, 4.69) is 5.32 Å². The van der Waals surface area contributed by atoms with Crippen LogP contribution >= 0.6 is 0 Å². The molecule has 0 unspecified atom stereocenters. The van der Waals surface area contributed by atoms with Crippen molar-refractivity contribution in [2.45, 2.75) is 23.9 Å². The zero-order valence-electron chi connectivity index (χ0n) is 19.1. The molecule has 9 heteroatoms. The van der Waals surface area contributed by atoms with E-state index in [1.54, 1.807) is 30.3 Å². The van der Waals surface area contributed by atoms with Gasteiger partial charge in [0.05, 0.1) is 26.2 Å². The van der Waals surface area contributed by atoms with Gasteiger partial charge in [-0.1, -0.05) is 24.3 Å². The minimum absolute atomic E-state index is 0.0918. The standard InChI is InChI=1S/C25H26N2O6S/c1-31-20-9-11-21(12-10-20)34(29,30)27-16-18-7-5-4-6-17(18)14-22(27)25(28)26-19-8-13-23(32-2)24(15-19)33-3/h4-13,15,22H,14,16H2,1-3H3,(H,26,28)/t22-/m1/s1. The summed E-state index contributed by atoms with van der Waals surface area (Å²) in [7, 11) is 0.576. The average Bonchev–Trinajstić information content (AvgIpc) is 2.87. The van der Waals surface area contributed by atoms with E-state index < -0.39 is 22.0 Å². The third-order valence-corrected chi connectivity index (χ3v) is 7.69. The Bertz CT molecular complexity index is 1290. The van der Waals surface area contributed by atoms with Gasteiger partial charge < -0.3 is 19.5 Å². The first-order valence-electron chi connectivity index (χ1n) is 10.6. The van der Waals surface area contributed by atoms with Crippen molar-refractivity contribution in [3.8, 4) is 17.2 Å². The smallest absolute Gasteiger partial charge is 0.244 e. The number of sulfonamides is 1. The van der Waals surface area contributed by atoms with Crippen LogP contribution in [0.25, 0.3) is 0 Å². The Labute approximate surface area is 199 Å². The Morgan fingerprint density at radius 1 is 0.882 bits per heavy atom. The minimum Gasteiger partial charge on any atom is -0.497 e. The van der Waals surface area contributed by atoms with Crippen molar-refractivity contribution < 1.29 is 27.4 Å². The second-order valence-corrected chi connectivity index (χ2v) is 9.66. The monoisotopic (exact) mass is 482 g/mol. The molecule has 1 aliphatic rings. The number of carbonyl (C=O) groups is 1. The SMILES string of the molecule is COc1ccc(S(=O)(=O)N2Cc3ccccc3C[C@@H]2C(=O)Nc2ccc(OC)c(OC)c2)cc1. The van der Waals surface area contributed by atoms with Crippen LogP contribution in [0.3, 0.4) is 0 Å². The van der Waals surface area contributed by atoms with Crippen LogP contribution in [0, 0.1) is 0 Å². The summed E-state index contributed by atoms with van der Waals surface area (Å²) in [6, 6.07) is 17.7. The zero-order chi connectivity index (χ0) is 24.3. The maximum atomic E-state index is 13.6. The number of amides is 1. The Kier molecular flexibility index (Phi) is 6.76. The van der Waals surface area contributed by atoms with Crippen LogP contribution in [-0.4, -0.2) is 46.0 Å². The molecule has 178 valence electrons. The largest absolute Gasteiger partial charge is 0.497 e. The Hall–Kier alpha value is -3.56. The minimum atomic E-state index is -3.97. The van der Waals surface area contributed by atoms with Gasteiger partial charge in [0.25, 0.3) is 0 Å². The lowest BCUT2D eigenvalue weighted by atomic mass is 9.95. The molecule has 4 rings (SSSR count). The average molecular weight is 483 g/mol. The fraction of sp³-hybridized carbons (Fsp3) is 0.240. The van der Waals surface area contributed by atoms with Crippen LogP contribution in [0.1, 0.15) is 11.1 Å². The quantitative estimate of drug-likeness (QED) is 0.554. The number of anilines is 1. The van der Waals surface area contributed by atoms with Gasteiger partial charge in [0.2, 0.25) is 15.9 Å². The Morgan fingerprint density at radius 2 is 1.56 bits per heavy atom. The lowest BCUT2D eigenvalue weighted by Crippen LogP contribution is -2.50. The second-order valence-electron chi connectivity index (χ2n) is 7.77. The molecule has 0 fully saturated rings. The summed E-state index contributed by atoms with van der Waals surface area (Å²) in [5, 5.41) is 2.84. The number of nitrogens with zero attached hydrogens (tertiary/aromatic N) is 1. The number of nitrogens with one attached hydrogen (secondary N) is 1. The first-order chi connectivity index (χ1) is 16.4. The van der Waals surface area contributed by atoms with Gasteiger partial charge in [-0.3, -0.25) is 4.79 Å². The van der Waals surface area contributed by atoms with Crippen LogP contribution in [0.2, 0.25) is 0 Å². The first kappa shape index (κ1) is 23.6. The van der Waals surface area contributed by atoms with E-state index in [4.69, 9.17) is 14.2 Å². The van der Waals surface area contributed by atoms with Gasteiger partial charge in [0, 0.05) is 18.3 Å². The molecule has 0 spiro atoms. The molecule has 1 heterocycles. The summed E-state index contributed by atoms with van der Waals surface area (Å²) in [5.41, 5.74) is 2.29. The summed E-state index contributed by atoms with van der Waals surface area (Å²) in [6.07, 6.45) is 0.255. The number of methoxy groups -OCH3 is 3. The number of benzene rings is 3. The Balaban J connectivity index is 1.68. The normalized spacial score (nSPS) is 15.8. The number of rotatable bonds is 7. The van der Waals surface area contributed by atoms with Crippen LogP contribution < -0.4 is 19.5 Å². The third kappa shape index (κ3) is 4.57. The number of ether oxygens (including phenoxy) is 3. The summed E-state index contributed by atoms with van der Waals surface area (Å²) < 4.78 is 44.2. The van der Waals surface area contributed by atoms with E-state index in [0.29, 0.717) is 22.9 Å². The summed E-state index contributed by atoms with van der Waals surface area (Å²) >= 11 is 0. The predicted octanol–water partition coefficient (Wildman–Crippen LogP) is 3.47. The molecule has 0 saturated heterocycles. The highest BCUT2D eigenvalue weighted by molar-refractivity contribution is 7.89. The number of carbonyl (C=O) groups excluding carboxylic acids is 1. The highest BCUT2D eigenvalue weighted by Crippen LogP contribution is 2.32. The van der Waals surface area contributed by atoms with Gasteiger partial charge >= 0.3 is 0 Å². The zero-order valence-corrected chi connectivity index (χ0v) is 20.0. The fourth-order valence-corrected chi connectivity index (χ4v) is 5.56. The van der Waals surface area contributed by atoms with Crippen molar-refractivity contribution in [2.24, 2.45) is 0 Å². The molecule has 0 radical (unpaired) electrons. The number of hydrogen-bond donors (Lipinski definition) is 1. The summed E-state index contributed by atoms with van der Waals surface area (Å²) in [5.74, 6) is 1.09. The number of hydrogen-bond acceptors (Lipinski definition) is 6. The molecular formula is C25H26N2O6S. The highest BCUT2D eigenvalue weighted by atomic mass is 32.2. The van der Waals surface area contributed by atoms with Gasteiger partial charge in [-0.15, -0.1) is 0 Å². The summed E-state index contributed by atoms with van der Waals surface area (Å²) in [6.45, 7) is 0.0918. The van der Waals surface area contributed by atoms with E-state index in [1.165, 1.54) is 37.8 Å². The molecule has 0 saturated carbocycles. The Morgan fingerprint density at radius 3 is 2.21 bits per heavy atom. The first-order valence-corrected chi connectivity index (χ1v) is 12.1. The van der Waals surface area contributed by atoms with Gasteiger partial charge in [0.15, 0.2) is 11.5 Å². The maximum absolute atomic E-state index is 13.6. The van der Waals surface area contributed by atoms with Crippen LogP contribution in [0.5, 0.6) is 17.2 Å². The maximum Gasteiger partial charge on any atom is 0.244 e. The van der Waals surface area contributed by atoms with Crippen LogP contribution in [0.4, 0.5) is 5.69 Å². The third-order valence-electron chi connectivity index (χ3n) is 5.83. The molecule has 0 aliphatic carbocycles. The molecule has 1 aliphatic heterocycles. The van der Waals surface area contributed by atoms with Gasteiger partial charge in [-0.25, -0.2) is 8.42 Å². The van der Waals surface area contributed by atoms with Crippen molar-refractivity contribution in [1.29, 1.82) is 0 Å². The molecule has 1 atom stereocenters. The van der Waals surface area contributed by atoms with Crippen LogP contribution in [0.15, 0.2) is 71.6 Å². The van der Waals surface area contributed by atoms with E-state index in [-0.39, 0.29) is 17.9 Å². The molecule has 0 bridgehead atoms. The van der Waals surface area contributed by atoms with E-state index in [9.17, 15) is 13.2 Å². The molecule has 1 amide bonds. The fourth-order valence-electron chi connectivity index (χ4n) is 4.00. The van der Waals surface area contributed by atoms with E-state index in [1.807, 2.05) is 24.3 Å². The van der Waals surface area contributed by atoms with Crippen molar-refractivity contribution >= 4 is 21.6 Å². The van der Waals surface area contributed by atoms with Crippen molar-refractivity contribution in [1.82, 2.24) is 4.31 Å². The topological polar surface area (TPSA) is 94.2 Å². The van der Waals surface area contributed by atoms with Crippen molar-refractivity contribution in [2.75, 3.05) is 26.6 Å². The second kappa shape index (κ2) is 9.74. The van der Waals surface area contributed by atoms with Crippen molar-refractivity contribution in [3.63, 3.8) is 0 Å². The van der Waals surface area contributed by atoms with Crippen LogP contribution in [-0.2, 0) is 27.8 Å². The van der Waals surface area contributed by atoms with E-state index in [0.717, 1.165) is 11.1 Å². The molecule has 1 N–H and O–H groups in total. The van der Waals surface area contributed by atoms with Gasteiger partial charge in [-0.2, -0.15) is 4.31 Å². The van der Waals surface area contributed by atoms with Gasteiger partial charge in [0.1, 0.15) is 11.8 Å². The number of fused-ring (bicyclic) bond motifs is 1. The molecule has 34 heavy (non-hydrogen) atoms. The lowest BCUT2D eigenvalue weighted by Gasteiger charge is -2.35. The van der Waals surface area contributed by atoms with E-state index >= 15 is 0 Å². The molecule has 3 aromatic carbocycles. The lowest BCUT2D eigenvalue weighted by molar-refractivity contribution is -0.120. The van der Waals surface area contributed by atoms with Gasteiger partial charge in [-0.05, 0) is 53.9 Å². The highest BCUT2D eigenvalue weighted by Gasteiger charge is 2.39.